The second-order valence-corrected chi connectivity index (χ2v) is 4.86. The summed E-state index contributed by atoms with van der Waals surface area (Å²) in [5.74, 6) is -3.64. The lowest BCUT2D eigenvalue weighted by molar-refractivity contribution is 0.0117. The average molecular weight is 278 g/mol. The Hall–Kier alpha value is -1.14. The van der Waals surface area contributed by atoms with Crippen molar-refractivity contribution in [2.24, 2.45) is 5.73 Å². The molecule has 18 heavy (non-hydrogen) atoms. The van der Waals surface area contributed by atoms with Gasteiger partial charge in [-0.3, -0.25) is 4.79 Å². The molecule has 1 aliphatic rings. The third kappa shape index (κ3) is 3.00. The molecule has 1 aliphatic carbocycles. The molecule has 4 nitrogen and oxygen atoms in total. The SMILES string of the molecule is NCC(F)(F)CNC(=O)c1cc(Cl)cn1C1CC1. The quantitative estimate of drug-likeness (QED) is 0.862. The van der Waals surface area contributed by atoms with E-state index < -0.39 is 24.9 Å². The lowest BCUT2D eigenvalue weighted by atomic mass is 10.3. The monoisotopic (exact) mass is 277 g/mol. The van der Waals surface area contributed by atoms with Gasteiger partial charge in [-0.25, -0.2) is 8.78 Å². The first kappa shape index (κ1) is 13.3. The molecule has 0 aliphatic heterocycles. The van der Waals surface area contributed by atoms with Crippen LogP contribution < -0.4 is 11.1 Å². The summed E-state index contributed by atoms with van der Waals surface area (Å²) >= 11 is 5.83. The lowest BCUT2D eigenvalue weighted by Gasteiger charge is -2.15. The minimum absolute atomic E-state index is 0.258. The van der Waals surface area contributed by atoms with Crippen LogP contribution in [0.15, 0.2) is 12.3 Å². The summed E-state index contributed by atoms with van der Waals surface area (Å²) in [4.78, 5) is 11.8. The largest absolute Gasteiger partial charge is 0.345 e. The number of hydrogen-bond donors (Lipinski definition) is 2. The average Bonchev–Trinajstić information content (AvgIpc) is 3.09. The molecule has 0 bridgehead atoms. The Labute approximate surface area is 108 Å². The zero-order valence-electron chi connectivity index (χ0n) is 9.63. The Kier molecular flexibility index (Phi) is 3.59. The number of alkyl halides is 2. The van der Waals surface area contributed by atoms with Crippen LogP contribution in [0.4, 0.5) is 8.78 Å². The van der Waals surface area contributed by atoms with Crippen LogP contribution in [0.1, 0.15) is 29.4 Å². The highest BCUT2D eigenvalue weighted by molar-refractivity contribution is 6.31. The number of amides is 1. The van der Waals surface area contributed by atoms with Crippen molar-refractivity contribution < 1.29 is 13.6 Å². The van der Waals surface area contributed by atoms with Crippen molar-refractivity contribution in [3.63, 3.8) is 0 Å². The number of carbonyl (C=O) groups is 1. The third-order valence-electron chi connectivity index (χ3n) is 2.79. The molecule has 1 aromatic heterocycles. The van der Waals surface area contributed by atoms with Gasteiger partial charge in [0.2, 0.25) is 0 Å². The van der Waals surface area contributed by atoms with Gasteiger partial charge in [-0.15, -0.1) is 0 Å². The van der Waals surface area contributed by atoms with Gasteiger partial charge >= 0.3 is 0 Å². The first-order valence-electron chi connectivity index (χ1n) is 5.66. The highest BCUT2D eigenvalue weighted by Crippen LogP contribution is 2.37. The van der Waals surface area contributed by atoms with Crippen molar-refractivity contribution in [1.29, 1.82) is 0 Å². The Morgan fingerprint density at radius 3 is 2.83 bits per heavy atom. The molecule has 7 heteroatoms. The first-order valence-corrected chi connectivity index (χ1v) is 6.04. The molecular formula is C11H14ClF2N3O. The van der Waals surface area contributed by atoms with Crippen LogP contribution in [0, 0.1) is 0 Å². The minimum atomic E-state index is -3.09. The molecule has 0 radical (unpaired) electrons. The van der Waals surface area contributed by atoms with Gasteiger partial charge in [0.15, 0.2) is 0 Å². The van der Waals surface area contributed by atoms with Gasteiger partial charge in [-0.05, 0) is 18.9 Å². The minimum Gasteiger partial charge on any atom is -0.345 e. The molecule has 1 heterocycles. The summed E-state index contributed by atoms with van der Waals surface area (Å²) in [6.07, 6.45) is 3.60. The van der Waals surface area contributed by atoms with E-state index in [1.54, 1.807) is 10.8 Å². The molecule has 0 saturated heterocycles. The maximum atomic E-state index is 12.9. The van der Waals surface area contributed by atoms with E-state index in [9.17, 15) is 13.6 Å². The number of hydrogen-bond acceptors (Lipinski definition) is 2. The maximum Gasteiger partial charge on any atom is 0.277 e. The van der Waals surface area contributed by atoms with E-state index in [4.69, 9.17) is 17.3 Å². The standard InChI is InChI=1S/C11H14ClF2N3O/c12-7-3-9(17(4-7)8-1-2-8)10(18)16-6-11(13,14)5-15/h3-4,8H,1-2,5-6,15H2,(H,16,18). The van der Waals surface area contributed by atoms with Gasteiger partial charge < -0.3 is 15.6 Å². The second-order valence-electron chi connectivity index (χ2n) is 4.42. The smallest absolute Gasteiger partial charge is 0.277 e. The molecule has 100 valence electrons. The van der Waals surface area contributed by atoms with Gasteiger partial charge in [0.25, 0.3) is 11.8 Å². The predicted molar refractivity (Wildman–Crippen MR) is 64.0 cm³/mol. The van der Waals surface area contributed by atoms with Crippen LogP contribution in [-0.2, 0) is 0 Å². The number of aromatic nitrogens is 1. The van der Waals surface area contributed by atoms with E-state index in [0.717, 1.165) is 12.8 Å². The lowest BCUT2D eigenvalue weighted by Crippen LogP contribution is -2.41. The number of nitrogens with zero attached hydrogens (tertiary/aromatic N) is 1. The molecule has 1 saturated carbocycles. The molecular weight excluding hydrogens is 264 g/mol. The molecule has 2 rings (SSSR count). The van der Waals surface area contributed by atoms with Crippen LogP contribution in [-0.4, -0.2) is 29.5 Å². The Morgan fingerprint density at radius 2 is 2.28 bits per heavy atom. The zero-order chi connectivity index (χ0) is 13.3. The van der Waals surface area contributed by atoms with E-state index in [2.05, 4.69) is 5.32 Å². The molecule has 0 aromatic carbocycles. The number of rotatable bonds is 5. The normalized spacial score (nSPS) is 15.8. The van der Waals surface area contributed by atoms with Crippen LogP contribution in [0.5, 0.6) is 0 Å². The van der Waals surface area contributed by atoms with E-state index in [1.807, 2.05) is 0 Å². The van der Waals surface area contributed by atoms with Crippen LogP contribution in [0.2, 0.25) is 5.02 Å². The number of nitrogens with one attached hydrogen (secondary N) is 1. The summed E-state index contributed by atoms with van der Waals surface area (Å²) in [5.41, 5.74) is 5.21. The van der Waals surface area contributed by atoms with Gasteiger partial charge in [0, 0.05) is 12.2 Å². The Morgan fingerprint density at radius 1 is 1.61 bits per heavy atom. The third-order valence-corrected chi connectivity index (χ3v) is 3.00. The Balaban J connectivity index is 2.04. The van der Waals surface area contributed by atoms with Gasteiger partial charge in [-0.1, -0.05) is 11.6 Å². The van der Waals surface area contributed by atoms with Gasteiger partial charge in [0.05, 0.1) is 18.1 Å². The van der Waals surface area contributed by atoms with Crippen molar-refractivity contribution >= 4 is 17.5 Å². The van der Waals surface area contributed by atoms with E-state index in [0.29, 0.717) is 10.7 Å². The van der Waals surface area contributed by atoms with Crippen molar-refractivity contribution in [2.75, 3.05) is 13.1 Å². The van der Waals surface area contributed by atoms with Crippen molar-refractivity contribution in [2.45, 2.75) is 24.8 Å². The van der Waals surface area contributed by atoms with E-state index in [1.165, 1.54) is 6.07 Å². The van der Waals surface area contributed by atoms with E-state index >= 15 is 0 Å². The van der Waals surface area contributed by atoms with E-state index in [-0.39, 0.29) is 6.04 Å². The summed E-state index contributed by atoms with van der Waals surface area (Å²) in [7, 11) is 0. The van der Waals surface area contributed by atoms with Crippen molar-refractivity contribution in [1.82, 2.24) is 9.88 Å². The Bertz CT molecular complexity index is 457. The number of nitrogens with two attached hydrogens (primary N) is 1. The topological polar surface area (TPSA) is 60.0 Å². The number of carbonyl (C=O) groups excluding carboxylic acids is 1. The fourth-order valence-corrected chi connectivity index (χ4v) is 1.86. The molecule has 3 N–H and O–H groups in total. The van der Waals surface area contributed by atoms with Crippen molar-refractivity contribution in [3.05, 3.63) is 23.0 Å². The second kappa shape index (κ2) is 4.85. The number of halogens is 3. The van der Waals surface area contributed by atoms with Gasteiger partial charge in [-0.2, -0.15) is 0 Å². The first-order chi connectivity index (χ1) is 8.43. The van der Waals surface area contributed by atoms with Crippen LogP contribution >= 0.6 is 11.6 Å². The summed E-state index contributed by atoms with van der Waals surface area (Å²) in [6.45, 7) is -1.56. The zero-order valence-corrected chi connectivity index (χ0v) is 10.4. The fraction of sp³-hybridized carbons (Fsp3) is 0.545. The predicted octanol–water partition coefficient (Wildman–Crippen LogP) is 1.80. The summed E-state index contributed by atoms with van der Waals surface area (Å²) < 4.78 is 27.6. The molecule has 0 atom stereocenters. The van der Waals surface area contributed by atoms with Crippen molar-refractivity contribution in [3.8, 4) is 0 Å². The van der Waals surface area contributed by atoms with Gasteiger partial charge in [0.1, 0.15) is 5.69 Å². The molecule has 1 aromatic rings. The highest BCUT2D eigenvalue weighted by atomic mass is 35.5. The molecule has 0 spiro atoms. The molecule has 1 fully saturated rings. The highest BCUT2D eigenvalue weighted by Gasteiger charge is 2.30. The summed E-state index contributed by atoms with van der Waals surface area (Å²) in [5, 5.41) is 2.61. The summed E-state index contributed by atoms with van der Waals surface area (Å²) in [6, 6.07) is 1.74. The molecule has 1 amide bonds. The maximum absolute atomic E-state index is 12.9. The van der Waals surface area contributed by atoms with Crippen LogP contribution in [0.3, 0.4) is 0 Å². The molecule has 0 unspecified atom stereocenters. The fourth-order valence-electron chi connectivity index (χ4n) is 1.65. The van der Waals surface area contributed by atoms with Crippen LogP contribution in [0.25, 0.3) is 0 Å².